The van der Waals surface area contributed by atoms with Crippen molar-refractivity contribution in [1.82, 2.24) is 0 Å². The Hall–Kier alpha value is -1.97. The summed E-state index contributed by atoms with van der Waals surface area (Å²) >= 11 is 0. The van der Waals surface area contributed by atoms with Crippen molar-refractivity contribution in [2.24, 2.45) is 0 Å². The summed E-state index contributed by atoms with van der Waals surface area (Å²) in [7, 11) is 0.0775. The Morgan fingerprint density at radius 1 is 0.759 bits per heavy atom. The zero-order chi connectivity index (χ0) is 20.6. The van der Waals surface area contributed by atoms with Crippen molar-refractivity contribution >= 4 is 49.1 Å². The first kappa shape index (κ1) is 20.3. The van der Waals surface area contributed by atoms with E-state index in [2.05, 4.69) is 24.3 Å². The third-order valence-corrected chi connectivity index (χ3v) is 6.77. The Labute approximate surface area is 173 Å². The minimum absolute atomic E-state index is 0.344. The van der Waals surface area contributed by atoms with E-state index in [0.29, 0.717) is 16.7 Å². The molecule has 0 bridgehead atoms. The Morgan fingerprint density at radius 3 is 1.55 bits per heavy atom. The third kappa shape index (κ3) is 4.17. The summed E-state index contributed by atoms with van der Waals surface area (Å²) in [4.78, 5) is 1.72. The first-order valence-corrected chi connectivity index (χ1v) is 12.6. The first-order chi connectivity index (χ1) is 13.9. The van der Waals surface area contributed by atoms with Crippen LogP contribution >= 0.6 is 16.7 Å². The average molecular weight is 439 g/mol. The molecule has 0 fully saturated rings. The number of hydrogen-bond donors (Lipinski definition) is 1. The summed E-state index contributed by atoms with van der Waals surface area (Å²) in [5.41, 5.74) is 0. The van der Waals surface area contributed by atoms with Crippen LogP contribution in [0.1, 0.15) is 0 Å². The molecule has 4 aromatic carbocycles. The minimum Gasteiger partial charge on any atom is -0.585 e. The molecule has 0 atom stereocenters. The number of nitrogens with zero attached hydrogens (tertiary/aromatic N) is 1. The maximum Gasteiger partial charge on any atom is 0.210 e. The normalized spacial score (nSPS) is 18.5. The van der Waals surface area contributed by atoms with Gasteiger partial charge in [0.15, 0.2) is 0 Å². The fourth-order valence-electron chi connectivity index (χ4n) is 3.52. The lowest BCUT2D eigenvalue weighted by Crippen LogP contribution is -2.11. The molecule has 0 spiro atoms. The van der Waals surface area contributed by atoms with Crippen molar-refractivity contribution in [2.75, 3.05) is 12.5 Å². The summed E-state index contributed by atoms with van der Waals surface area (Å²) in [6.45, 7) is 0. The largest absolute Gasteiger partial charge is 0.585 e. The molecule has 4 nitrogen and oxygen atoms in total. The van der Waals surface area contributed by atoms with E-state index >= 15 is 0 Å². The van der Waals surface area contributed by atoms with Crippen LogP contribution in [0, 0.1) is 25.5 Å². The van der Waals surface area contributed by atoms with Gasteiger partial charge in [0.05, 0.1) is 9.88 Å². The highest BCUT2D eigenvalue weighted by atomic mass is 32.2. The van der Waals surface area contributed by atoms with Crippen LogP contribution in [-0.4, -0.2) is 26.3 Å². The molecule has 1 N–H and O–H groups in total. The number of rotatable bonds is 0. The number of fused-ring (bicyclic) bond motifs is 6. The van der Waals surface area contributed by atoms with E-state index in [0.717, 1.165) is 41.9 Å². The van der Waals surface area contributed by atoms with Gasteiger partial charge in [0.1, 0.15) is 0 Å². The maximum absolute atomic E-state index is 12.6. The van der Waals surface area contributed by atoms with E-state index in [4.69, 9.17) is 0 Å². The van der Waals surface area contributed by atoms with Crippen molar-refractivity contribution in [2.45, 2.75) is 0 Å². The fourth-order valence-corrected chi connectivity index (χ4v) is 5.78. The molecule has 0 aliphatic carbocycles. The molecule has 0 radical (unpaired) electrons. The summed E-state index contributed by atoms with van der Waals surface area (Å²) in [6.07, 6.45) is 3.28. The van der Waals surface area contributed by atoms with E-state index in [1.807, 2.05) is 48.5 Å². The van der Waals surface area contributed by atoms with Crippen LogP contribution in [0.5, 0.6) is 0 Å². The second kappa shape index (κ2) is 8.04. The second-order valence-electron chi connectivity index (χ2n) is 6.82. The van der Waals surface area contributed by atoms with Gasteiger partial charge in [-0.2, -0.15) is 0 Å². The first-order valence-electron chi connectivity index (χ1n) is 8.94. The van der Waals surface area contributed by atoms with E-state index in [-0.39, 0.29) is 0 Å². The lowest BCUT2D eigenvalue weighted by atomic mass is 10.0. The molecule has 4 aromatic rings. The van der Waals surface area contributed by atoms with Gasteiger partial charge in [0.25, 0.3) is 0 Å². The zero-order valence-electron chi connectivity index (χ0n) is 15.9. The van der Waals surface area contributed by atoms with Gasteiger partial charge in [-0.3, -0.25) is 4.21 Å². The molecule has 1 aliphatic rings. The number of benzene rings is 4. The van der Waals surface area contributed by atoms with Crippen LogP contribution in [0.4, 0.5) is 0 Å². The molecule has 1 heterocycles. The van der Waals surface area contributed by atoms with E-state index in [9.17, 15) is 14.6 Å². The molecule has 29 heavy (non-hydrogen) atoms. The van der Waals surface area contributed by atoms with Gasteiger partial charge in [0.2, 0.25) is 16.7 Å². The van der Waals surface area contributed by atoms with Crippen molar-refractivity contribution < 1.29 is 13.8 Å². The standard InChI is InChI=1S/C20H13NO2P2.C2H6OS/c22-21(23)24-17-11-9-13-5-1-3-7-15(13)19(17)20-16-8-4-2-6-14(16)10-12-18(20)25-21;1-4(2)3/h1-12,22H;1-2H3. The number of hydrogen-bond acceptors (Lipinski definition) is 3. The molecule has 0 amide bonds. The predicted molar refractivity (Wildman–Crippen MR) is 122 cm³/mol. The fraction of sp³-hybridized carbons (Fsp3) is 0.0909. The molecule has 0 unspecified atom stereocenters. The van der Waals surface area contributed by atoms with E-state index < -0.39 is 15.2 Å². The smallest absolute Gasteiger partial charge is 0.210 e. The Kier molecular flexibility index (Phi) is 5.63. The molecule has 0 aromatic heterocycles. The summed E-state index contributed by atoms with van der Waals surface area (Å²) in [6, 6.07) is 24.4. The summed E-state index contributed by atoms with van der Waals surface area (Å²) < 4.78 is 8.23. The van der Waals surface area contributed by atoms with Gasteiger partial charge < -0.3 is 5.21 Å². The van der Waals surface area contributed by atoms with Crippen LogP contribution in [0.15, 0.2) is 72.8 Å². The van der Waals surface area contributed by atoms with Crippen molar-refractivity contribution in [3.8, 4) is 0 Å². The molecular formula is C22H19NO3P2S. The molecule has 0 saturated carbocycles. The van der Waals surface area contributed by atoms with Crippen LogP contribution in [0.2, 0.25) is 0 Å². The van der Waals surface area contributed by atoms with Gasteiger partial charge in [-0.1, -0.05) is 60.7 Å². The molecule has 0 saturated heterocycles. The van der Waals surface area contributed by atoms with Gasteiger partial charge in [-0.15, -0.1) is 4.35 Å². The molecule has 7 heteroatoms. The zero-order valence-corrected chi connectivity index (χ0v) is 18.5. The highest BCUT2D eigenvalue weighted by molar-refractivity contribution is 7.83. The Balaban J connectivity index is 0.000000472. The molecule has 146 valence electrons. The maximum atomic E-state index is 12.6. The molecule has 5 rings (SSSR count). The van der Waals surface area contributed by atoms with Crippen LogP contribution in [0.25, 0.3) is 21.5 Å². The van der Waals surface area contributed by atoms with Crippen LogP contribution in [0.3, 0.4) is 0 Å². The average Bonchev–Trinajstić information content (AvgIpc) is 2.79. The molecule has 1 aliphatic heterocycles. The minimum atomic E-state index is -1.32. The lowest BCUT2D eigenvalue weighted by molar-refractivity contribution is -0.840. The van der Waals surface area contributed by atoms with Gasteiger partial charge in [-0.05, 0) is 33.7 Å². The Morgan fingerprint density at radius 2 is 1.14 bits per heavy atom. The molecular weight excluding hydrogens is 420 g/mol. The van der Waals surface area contributed by atoms with Gasteiger partial charge in [0, 0.05) is 33.7 Å². The highest BCUT2D eigenvalue weighted by Crippen LogP contribution is 2.37. The van der Waals surface area contributed by atoms with E-state index in [1.165, 1.54) is 0 Å². The summed E-state index contributed by atoms with van der Waals surface area (Å²) in [5.74, 6) is 0. The third-order valence-electron chi connectivity index (χ3n) is 4.54. The highest BCUT2D eigenvalue weighted by Gasteiger charge is 2.16. The SMILES string of the molecule is CS(C)=O.[O-][N+]1(O)P=c2ccc3ccccc3c2=c2c(ccc3ccccc23)=P1. The lowest BCUT2D eigenvalue weighted by Gasteiger charge is -2.20. The predicted octanol–water partition coefficient (Wildman–Crippen LogP) is 6.22. The van der Waals surface area contributed by atoms with Crippen LogP contribution in [-0.2, 0) is 10.8 Å². The summed E-state index contributed by atoms with van der Waals surface area (Å²) in [5, 5.41) is 29.6. The number of quaternary nitrogens is 1. The Bertz CT molecular complexity index is 1380. The van der Waals surface area contributed by atoms with Crippen LogP contribution < -0.4 is 0 Å². The van der Waals surface area contributed by atoms with Crippen molar-refractivity contribution in [1.29, 1.82) is 0 Å². The van der Waals surface area contributed by atoms with Gasteiger partial charge in [-0.25, -0.2) is 5.21 Å². The monoisotopic (exact) mass is 439 g/mol. The van der Waals surface area contributed by atoms with Crippen molar-refractivity contribution in [3.05, 3.63) is 98.3 Å². The van der Waals surface area contributed by atoms with E-state index in [1.54, 1.807) is 12.5 Å². The second-order valence-corrected chi connectivity index (χ2v) is 11.1. The van der Waals surface area contributed by atoms with Crippen molar-refractivity contribution in [3.63, 3.8) is 0 Å². The van der Waals surface area contributed by atoms with Gasteiger partial charge >= 0.3 is 0 Å². The quantitative estimate of drug-likeness (QED) is 0.262. The topological polar surface area (TPSA) is 60.4 Å².